The van der Waals surface area contributed by atoms with Gasteiger partial charge in [0.2, 0.25) is 10.0 Å². The molecular weight excluding hydrogens is 381 g/mol. The largest absolute Gasteiger partial charge is 0.398 e. The van der Waals surface area contributed by atoms with Gasteiger partial charge in [-0.15, -0.1) is 11.3 Å². The molecule has 0 amide bonds. The predicted molar refractivity (Wildman–Crippen MR) is 84.1 cm³/mol. The van der Waals surface area contributed by atoms with Crippen molar-refractivity contribution in [3.63, 3.8) is 0 Å². The second-order valence-corrected chi connectivity index (χ2v) is 8.26. The van der Waals surface area contributed by atoms with Gasteiger partial charge in [0.15, 0.2) is 0 Å². The van der Waals surface area contributed by atoms with Crippen LogP contribution < -0.4 is 10.5 Å². The molecule has 0 saturated carbocycles. The topological polar surface area (TPSA) is 85.1 Å². The maximum Gasteiger partial charge on any atom is 0.243 e. The van der Waals surface area contributed by atoms with E-state index in [-0.39, 0.29) is 15.1 Å². The van der Waals surface area contributed by atoms with Crippen LogP contribution in [0.5, 0.6) is 0 Å². The lowest BCUT2D eigenvalue weighted by Gasteiger charge is -2.14. The molecule has 0 aliphatic heterocycles. The summed E-state index contributed by atoms with van der Waals surface area (Å²) in [6.45, 7) is 3.57. The Morgan fingerprint density at radius 3 is 2.71 bits per heavy atom. The van der Waals surface area contributed by atoms with Gasteiger partial charge in [0.1, 0.15) is 15.7 Å². The molecule has 0 radical (unpaired) electrons. The summed E-state index contributed by atoms with van der Waals surface area (Å²) in [5, 5.41) is 0.649. The zero-order valence-electron chi connectivity index (χ0n) is 11.2. The highest BCUT2D eigenvalue weighted by atomic mass is 79.9. The highest BCUT2D eigenvalue weighted by Gasteiger charge is 2.23. The number of benzene rings is 1. The van der Waals surface area contributed by atoms with E-state index in [1.165, 1.54) is 11.3 Å². The Morgan fingerprint density at radius 2 is 2.14 bits per heavy atom. The van der Waals surface area contributed by atoms with Gasteiger partial charge in [-0.1, -0.05) is 0 Å². The lowest BCUT2D eigenvalue weighted by atomic mass is 10.3. The molecule has 5 nitrogen and oxygen atoms in total. The molecule has 0 spiro atoms. The van der Waals surface area contributed by atoms with Crippen LogP contribution in [0, 0.1) is 12.7 Å². The van der Waals surface area contributed by atoms with Crippen LogP contribution in [-0.2, 0) is 10.0 Å². The van der Waals surface area contributed by atoms with Gasteiger partial charge >= 0.3 is 0 Å². The average molecular weight is 394 g/mol. The van der Waals surface area contributed by atoms with Gasteiger partial charge in [-0.3, -0.25) is 0 Å². The van der Waals surface area contributed by atoms with Gasteiger partial charge < -0.3 is 5.73 Å². The SMILES string of the molecule is Cc1cnc(C(C)NS(=O)(=O)c2cc(Br)c(F)cc2N)s1. The van der Waals surface area contributed by atoms with Crippen LogP contribution in [0.1, 0.15) is 22.9 Å². The van der Waals surface area contributed by atoms with Crippen LogP contribution in [0.15, 0.2) is 27.7 Å². The molecule has 1 unspecified atom stereocenters. The van der Waals surface area contributed by atoms with Crippen molar-refractivity contribution in [2.45, 2.75) is 24.8 Å². The number of nitrogens with zero attached hydrogens (tertiary/aromatic N) is 1. The van der Waals surface area contributed by atoms with E-state index in [2.05, 4.69) is 25.6 Å². The van der Waals surface area contributed by atoms with E-state index in [4.69, 9.17) is 5.73 Å². The zero-order valence-corrected chi connectivity index (χ0v) is 14.4. The fourth-order valence-electron chi connectivity index (χ4n) is 1.70. The van der Waals surface area contributed by atoms with E-state index in [1.807, 2.05) is 6.92 Å². The van der Waals surface area contributed by atoms with Gasteiger partial charge in [-0.05, 0) is 41.9 Å². The molecule has 0 aliphatic carbocycles. The van der Waals surface area contributed by atoms with Crippen LogP contribution >= 0.6 is 27.3 Å². The molecule has 2 aromatic rings. The minimum absolute atomic E-state index is 0.0369. The number of anilines is 1. The van der Waals surface area contributed by atoms with Gasteiger partial charge in [-0.2, -0.15) is 0 Å². The molecule has 1 aromatic carbocycles. The standard InChI is InChI=1S/C12H13BrFN3O2S2/c1-6-5-16-12(20-6)7(2)17-21(18,19)11-3-8(13)9(14)4-10(11)15/h3-5,7,17H,15H2,1-2H3. The third-order valence-electron chi connectivity index (χ3n) is 2.68. The molecule has 3 N–H and O–H groups in total. The number of sulfonamides is 1. The molecule has 0 fully saturated rings. The van der Waals surface area contributed by atoms with Crippen LogP contribution in [0.2, 0.25) is 0 Å². The lowest BCUT2D eigenvalue weighted by molar-refractivity contribution is 0.566. The first-order chi connectivity index (χ1) is 9.70. The van der Waals surface area contributed by atoms with E-state index in [0.29, 0.717) is 5.01 Å². The van der Waals surface area contributed by atoms with Gasteiger partial charge in [0.05, 0.1) is 16.2 Å². The Hall–Kier alpha value is -1.03. The van der Waals surface area contributed by atoms with Crippen LogP contribution in [0.25, 0.3) is 0 Å². The van der Waals surface area contributed by atoms with Crippen molar-refractivity contribution in [2.75, 3.05) is 5.73 Å². The number of nitrogens with one attached hydrogen (secondary N) is 1. The second kappa shape index (κ2) is 5.99. The monoisotopic (exact) mass is 393 g/mol. The minimum atomic E-state index is -3.87. The summed E-state index contributed by atoms with van der Waals surface area (Å²) in [5.74, 6) is -0.616. The molecule has 114 valence electrons. The summed E-state index contributed by atoms with van der Waals surface area (Å²) in [6, 6.07) is 1.61. The first-order valence-electron chi connectivity index (χ1n) is 5.90. The van der Waals surface area contributed by atoms with Crippen molar-refractivity contribution in [1.29, 1.82) is 0 Å². The number of aromatic nitrogens is 1. The summed E-state index contributed by atoms with van der Waals surface area (Å²) < 4.78 is 40.5. The smallest absolute Gasteiger partial charge is 0.243 e. The zero-order chi connectivity index (χ0) is 15.8. The number of nitrogen functional groups attached to an aromatic ring is 1. The molecule has 1 atom stereocenters. The lowest BCUT2D eigenvalue weighted by Crippen LogP contribution is -2.27. The summed E-state index contributed by atoms with van der Waals surface area (Å²) in [4.78, 5) is 4.95. The van der Waals surface area contributed by atoms with Crippen molar-refractivity contribution in [3.8, 4) is 0 Å². The number of thiazole rings is 1. The molecule has 9 heteroatoms. The predicted octanol–water partition coefficient (Wildman–Crippen LogP) is 2.97. The Morgan fingerprint density at radius 1 is 1.48 bits per heavy atom. The molecule has 0 saturated heterocycles. The number of hydrogen-bond donors (Lipinski definition) is 2. The summed E-state index contributed by atoms with van der Waals surface area (Å²) in [5.41, 5.74) is 5.45. The number of aryl methyl sites for hydroxylation is 1. The summed E-state index contributed by atoms with van der Waals surface area (Å²) in [6.07, 6.45) is 1.67. The van der Waals surface area contributed by atoms with Crippen LogP contribution in [0.3, 0.4) is 0 Å². The third kappa shape index (κ3) is 3.60. The quantitative estimate of drug-likeness (QED) is 0.781. The Kier molecular flexibility index (Phi) is 4.66. The van der Waals surface area contributed by atoms with Crippen molar-refractivity contribution in [3.05, 3.63) is 38.5 Å². The van der Waals surface area contributed by atoms with Gasteiger partial charge in [0, 0.05) is 11.1 Å². The first kappa shape index (κ1) is 16.3. The third-order valence-corrected chi connectivity index (χ3v) is 5.98. The van der Waals surface area contributed by atoms with Crippen molar-refractivity contribution in [2.24, 2.45) is 0 Å². The molecule has 0 bridgehead atoms. The normalized spacial score (nSPS) is 13.3. The van der Waals surface area contributed by atoms with Crippen molar-refractivity contribution >= 4 is 43.0 Å². The van der Waals surface area contributed by atoms with E-state index >= 15 is 0 Å². The van der Waals surface area contributed by atoms with Crippen molar-refractivity contribution < 1.29 is 12.8 Å². The molecule has 0 aliphatic rings. The first-order valence-corrected chi connectivity index (χ1v) is 8.99. The Labute approximate surface area is 134 Å². The maximum atomic E-state index is 13.3. The second-order valence-electron chi connectivity index (χ2n) is 4.46. The van der Waals surface area contributed by atoms with E-state index < -0.39 is 21.9 Å². The Bertz CT molecular complexity index is 777. The van der Waals surface area contributed by atoms with Gasteiger partial charge in [-0.25, -0.2) is 22.5 Å². The molecular formula is C12H13BrFN3O2S2. The molecule has 1 heterocycles. The highest BCUT2D eigenvalue weighted by molar-refractivity contribution is 9.10. The summed E-state index contributed by atoms with van der Waals surface area (Å²) >= 11 is 4.36. The Balaban J connectivity index is 2.32. The fraction of sp³-hybridized carbons (Fsp3) is 0.250. The van der Waals surface area contributed by atoms with E-state index in [0.717, 1.165) is 17.0 Å². The number of rotatable bonds is 4. The number of halogens is 2. The molecule has 21 heavy (non-hydrogen) atoms. The number of nitrogens with two attached hydrogens (primary N) is 1. The molecule has 1 aromatic heterocycles. The van der Waals surface area contributed by atoms with E-state index in [9.17, 15) is 12.8 Å². The van der Waals surface area contributed by atoms with Crippen LogP contribution in [-0.4, -0.2) is 13.4 Å². The maximum absolute atomic E-state index is 13.3. The van der Waals surface area contributed by atoms with E-state index in [1.54, 1.807) is 13.1 Å². The fourth-order valence-corrected chi connectivity index (χ4v) is 4.39. The average Bonchev–Trinajstić information content (AvgIpc) is 2.80. The minimum Gasteiger partial charge on any atom is -0.398 e. The van der Waals surface area contributed by atoms with Gasteiger partial charge in [0.25, 0.3) is 0 Å². The van der Waals surface area contributed by atoms with Crippen molar-refractivity contribution in [1.82, 2.24) is 9.71 Å². The highest BCUT2D eigenvalue weighted by Crippen LogP contribution is 2.28. The summed E-state index contributed by atoms with van der Waals surface area (Å²) in [7, 11) is -3.87. The van der Waals surface area contributed by atoms with Crippen LogP contribution in [0.4, 0.5) is 10.1 Å². The number of hydrogen-bond acceptors (Lipinski definition) is 5. The molecule has 2 rings (SSSR count).